The van der Waals surface area contributed by atoms with Crippen LogP contribution in [0.2, 0.25) is 0 Å². The molecule has 0 aromatic heterocycles. The van der Waals surface area contributed by atoms with E-state index in [1.54, 1.807) is 42.5 Å². The lowest BCUT2D eigenvalue weighted by Crippen LogP contribution is -2.36. The summed E-state index contributed by atoms with van der Waals surface area (Å²) in [6.45, 7) is 2.58. The summed E-state index contributed by atoms with van der Waals surface area (Å²) >= 11 is 0. The van der Waals surface area contributed by atoms with E-state index in [9.17, 15) is 14.4 Å². The predicted octanol–water partition coefficient (Wildman–Crippen LogP) is 2.65. The second kappa shape index (κ2) is 9.40. The Bertz CT molecular complexity index is 882. The summed E-state index contributed by atoms with van der Waals surface area (Å²) < 4.78 is 10.4. The molecule has 0 saturated heterocycles. The smallest absolute Gasteiger partial charge is 0.244 e. The van der Waals surface area contributed by atoms with E-state index in [0.717, 1.165) is 0 Å². The summed E-state index contributed by atoms with van der Waals surface area (Å²) in [6, 6.07) is 11.7. The molecule has 0 unspecified atom stereocenters. The van der Waals surface area contributed by atoms with Gasteiger partial charge >= 0.3 is 0 Å². The van der Waals surface area contributed by atoms with E-state index in [4.69, 9.17) is 9.47 Å². The molecule has 0 spiro atoms. The monoisotopic (exact) mass is 385 g/mol. The first-order chi connectivity index (χ1) is 13.3. The van der Waals surface area contributed by atoms with Gasteiger partial charge in [-0.2, -0.15) is 0 Å². The van der Waals surface area contributed by atoms with Crippen LogP contribution in [0.25, 0.3) is 0 Å². The molecule has 2 N–H and O–H groups in total. The van der Waals surface area contributed by atoms with Crippen LogP contribution < -0.4 is 25.0 Å². The van der Waals surface area contributed by atoms with Crippen molar-refractivity contribution in [1.82, 2.24) is 0 Å². The molecular formula is C20H23N3O5. The summed E-state index contributed by atoms with van der Waals surface area (Å²) in [5.74, 6) is 0.111. The molecule has 8 heteroatoms. The van der Waals surface area contributed by atoms with Crippen molar-refractivity contribution < 1.29 is 23.9 Å². The Morgan fingerprint density at radius 1 is 0.893 bits per heavy atom. The summed E-state index contributed by atoms with van der Waals surface area (Å²) in [5.41, 5.74) is 1.55. The highest BCUT2D eigenvalue weighted by molar-refractivity contribution is 6.02. The number of methoxy groups -OCH3 is 2. The summed E-state index contributed by atoms with van der Waals surface area (Å²) in [5, 5.41) is 5.38. The molecule has 0 bridgehead atoms. The van der Waals surface area contributed by atoms with Crippen molar-refractivity contribution in [3.63, 3.8) is 0 Å². The number of amides is 3. The number of rotatable bonds is 7. The number of nitrogens with one attached hydrogen (secondary N) is 2. The second-order valence-electron chi connectivity index (χ2n) is 5.95. The first-order valence-electron chi connectivity index (χ1n) is 8.51. The molecular weight excluding hydrogens is 362 g/mol. The van der Waals surface area contributed by atoms with Crippen LogP contribution in [0.1, 0.15) is 13.8 Å². The van der Waals surface area contributed by atoms with Gasteiger partial charge in [0, 0.05) is 37.0 Å². The van der Waals surface area contributed by atoms with Crippen LogP contribution in [-0.4, -0.2) is 38.5 Å². The maximum atomic E-state index is 12.5. The fraction of sp³-hybridized carbons (Fsp3) is 0.250. The molecule has 0 saturated carbocycles. The Morgan fingerprint density at radius 3 is 2.18 bits per heavy atom. The SMILES string of the molecule is COc1ccc(NC(=O)CN(C(C)=O)c2cccc(NC(C)=O)c2)cc1OC. The van der Waals surface area contributed by atoms with Crippen LogP contribution in [0.4, 0.5) is 17.1 Å². The molecule has 8 nitrogen and oxygen atoms in total. The van der Waals surface area contributed by atoms with Crippen LogP contribution in [0.3, 0.4) is 0 Å². The standard InChI is InChI=1S/C20H23N3O5/c1-13(24)21-15-6-5-7-17(10-15)23(14(2)25)12-20(26)22-16-8-9-18(27-3)19(11-16)28-4/h5-11H,12H2,1-4H3,(H,21,24)(H,22,26). The van der Waals surface area contributed by atoms with Gasteiger partial charge < -0.3 is 25.0 Å². The molecule has 2 aromatic carbocycles. The molecule has 0 heterocycles. The van der Waals surface area contributed by atoms with Crippen molar-refractivity contribution in [2.45, 2.75) is 13.8 Å². The highest BCUT2D eigenvalue weighted by Crippen LogP contribution is 2.29. The van der Waals surface area contributed by atoms with Crippen LogP contribution in [0, 0.1) is 0 Å². The van der Waals surface area contributed by atoms with Gasteiger partial charge in [0.15, 0.2) is 11.5 Å². The minimum Gasteiger partial charge on any atom is -0.493 e. The molecule has 0 aliphatic rings. The summed E-state index contributed by atoms with van der Waals surface area (Å²) in [4.78, 5) is 37.1. The van der Waals surface area contributed by atoms with Crippen molar-refractivity contribution >= 4 is 34.8 Å². The Balaban J connectivity index is 2.15. The van der Waals surface area contributed by atoms with E-state index in [1.807, 2.05) is 0 Å². The Labute approximate surface area is 163 Å². The van der Waals surface area contributed by atoms with E-state index >= 15 is 0 Å². The minimum atomic E-state index is -0.382. The van der Waals surface area contributed by atoms with Gasteiger partial charge in [0.1, 0.15) is 6.54 Å². The number of anilines is 3. The van der Waals surface area contributed by atoms with Crippen molar-refractivity contribution in [2.75, 3.05) is 36.3 Å². The zero-order chi connectivity index (χ0) is 20.7. The van der Waals surface area contributed by atoms with Crippen molar-refractivity contribution in [1.29, 1.82) is 0 Å². The predicted molar refractivity (Wildman–Crippen MR) is 107 cm³/mol. The minimum absolute atomic E-state index is 0.187. The topological polar surface area (TPSA) is 97.0 Å². The van der Waals surface area contributed by atoms with E-state index in [0.29, 0.717) is 28.6 Å². The number of nitrogens with zero attached hydrogens (tertiary/aromatic N) is 1. The van der Waals surface area contributed by atoms with E-state index in [2.05, 4.69) is 10.6 Å². The number of benzene rings is 2. The van der Waals surface area contributed by atoms with Gasteiger partial charge in [-0.15, -0.1) is 0 Å². The number of carbonyl (C=O) groups excluding carboxylic acids is 3. The molecule has 148 valence electrons. The first-order valence-corrected chi connectivity index (χ1v) is 8.51. The molecule has 0 atom stereocenters. The first kappa shape index (κ1) is 20.8. The number of carbonyl (C=O) groups is 3. The maximum absolute atomic E-state index is 12.5. The second-order valence-corrected chi connectivity index (χ2v) is 5.95. The third kappa shape index (κ3) is 5.47. The van der Waals surface area contributed by atoms with Gasteiger partial charge in [0.25, 0.3) is 0 Å². The lowest BCUT2D eigenvalue weighted by atomic mass is 10.2. The number of hydrogen-bond acceptors (Lipinski definition) is 5. The molecule has 3 amide bonds. The fourth-order valence-electron chi connectivity index (χ4n) is 2.60. The summed E-state index contributed by atoms with van der Waals surface area (Å²) in [6.07, 6.45) is 0. The Hall–Kier alpha value is -3.55. The van der Waals surface area contributed by atoms with E-state index in [1.165, 1.54) is 33.0 Å². The Kier molecular flexibility index (Phi) is 6.97. The molecule has 28 heavy (non-hydrogen) atoms. The van der Waals surface area contributed by atoms with Gasteiger partial charge in [-0.1, -0.05) is 6.07 Å². The molecule has 0 radical (unpaired) electrons. The quantitative estimate of drug-likeness (QED) is 0.764. The van der Waals surface area contributed by atoms with E-state index < -0.39 is 0 Å². The fourth-order valence-corrected chi connectivity index (χ4v) is 2.60. The van der Waals surface area contributed by atoms with Crippen LogP contribution in [0.5, 0.6) is 11.5 Å². The average Bonchev–Trinajstić information content (AvgIpc) is 2.65. The Morgan fingerprint density at radius 2 is 1.57 bits per heavy atom. The molecule has 0 aliphatic heterocycles. The van der Waals surface area contributed by atoms with Crippen LogP contribution in [0.15, 0.2) is 42.5 Å². The zero-order valence-corrected chi connectivity index (χ0v) is 16.2. The lowest BCUT2D eigenvalue weighted by Gasteiger charge is -2.21. The van der Waals surface area contributed by atoms with Gasteiger partial charge in [0.05, 0.1) is 14.2 Å². The van der Waals surface area contributed by atoms with Crippen molar-refractivity contribution in [3.05, 3.63) is 42.5 Å². The third-order valence-corrected chi connectivity index (χ3v) is 3.83. The lowest BCUT2D eigenvalue weighted by molar-refractivity contribution is -0.120. The van der Waals surface area contributed by atoms with Crippen molar-refractivity contribution in [2.24, 2.45) is 0 Å². The van der Waals surface area contributed by atoms with Crippen molar-refractivity contribution in [3.8, 4) is 11.5 Å². The average molecular weight is 385 g/mol. The van der Waals surface area contributed by atoms with Gasteiger partial charge in [0.2, 0.25) is 17.7 Å². The highest BCUT2D eigenvalue weighted by atomic mass is 16.5. The molecule has 0 aliphatic carbocycles. The normalized spacial score (nSPS) is 10.0. The number of ether oxygens (including phenoxy) is 2. The van der Waals surface area contributed by atoms with Gasteiger partial charge in [-0.05, 0) is 30.3 Å². The maximum Gasteiger partial charge on any atom is 0.244 e. The number of hydrogen-bond donors (Lipinski definition) is 2. The van der Waals surface area contributed by atoms with Crippen LogP contribution >= 0.6 is 0 Å². The van der Waals surface area contributed by atoms with Crippen LogP contribution in [-0.2, 0) is 14.4 Å². The molecule has 2 rings (SSSR count). The van der Waals surface area contributed by atoms with Gasteiger partial charge in [-0.3, -0.25) is 14.4 Å². The third-order valence-electron chi connectivity index (χ3n) is 3.83. The molecule has 0 fully saturated rings. The zero-order valence-electron chi connectivity index (χ0n) is 16.2. The largest absolute Gasteiger partial charge is 0.493 e. The summed E-state index contributed by atoms with van der Waals surface area (Å²) in [7, 11) is 3.03. The van der Waals surface area contributed by atoms with Gasteiger partial charge in [-0.25, -0.2) is 0 Å². The molecule has 2 aromatic rings. The van der Waals surface area contributed by atoms with E-state index in [-0.39, 0.29) is 24.3 Å². The highest BCUT2D eigenvalue weighted by Gasteiger charge is 2.17.